The van der Waals surface area contributed by atoms with Gasteiger partial charge in [0.05, 0.1) is 12.0 Å². The lowest BCUT2D eigenvalue weighted by Crippen LogP contribution is -2.29. The molecule has 2 aromatic heterocycles. The van der Waals surface area contributed by atoms with Crippen molar-refractivity contribution < 1.29 is 9.53 Å². The zero-order valence-corrected chi connectivity index (χ0v) is 14.4. The predicted octanol–water partition coefficient (Wildman–Crippen LogP) is 1.55. The van der Waals surface area contributed by atoms with Crippen LogP contribution in [0.25, 0.3) is 11.0 Å². The highest BCUT2D eigenvalue weighted by Crippen LogP contribution is 2.24. The van der Waals surface area contributed by atoms with Gasteiger partial charge in [-0.1, -0.05) is 0 Å². The standard InChI is InChI=1S/C17H23N5O2/c1-11-6-12(2)21-17-15(11)16(19-10-20-17)18-8-13-7-14(23)22(9-13)4-5-24-3/h6,10,13H,4-5,7-9H2,1-3H3,(H,18,19,20,21)/t13-/m1/s1. The Hall–Kier alpha value is -2.28. The van der Waals surface area contributed by atoms with Crippen molar-refractivity contribution in [3.05, 3.63) is 23.7 Å². The van der Waals surface area contributed by atoms with E-state index < -0.39 is 0 Å². The van der Waals surface area contributed by atoms with Crippen molar-refractivity contribution >= 4 is 22.8 Å². The number of nitrogens with one attached hydrogen (secondary N) is 1. The van der Waals surface area contributed by atoms with E-state index in [9.17, 15) is 4.79 Å². The second-order valence-electron chi connectivity index (χ2n) is 6.29. The van der Waals surface area contributed by atoms with Crippen LogP contribution in [0, 0.1) is 19.8 Å². The Morgan fingerprint density at radius 3 is 3.00 bits per heavy atom. The number of methoxy groups -OCH3 is 1. The van der Waals surface area contributed by atoms with Crippen LogP contribution in [0.3, 0.4) is 0 Å². The number of rotatable bonds is 6. The van der Waals surface area contributed by atoms with Crippen LogP contribution in [0.1, 0.15) is 17.7 Å². The fourth-order valence-corrected chi connectivity index (χ4v) is 3.19. The summed E-state index contributed by atoms with van der Waals surface area (Å²) < 4.78 is 5.05. The summed E-state index contributed by atoms with van der Waals surface area (Å²) in [5.74, 6) is 1.26. The molecule has 7 heteroatoms. The lowest BCUT2D eigenvalue weighted by atomic mass is 10.1. The topological polar surface area (TPSA) is 80.2 Å². The molecular weight excluding hydrogens is 306 g/mol. The molecule has 1 aliphatic heterocycles. The molecule has 1 fully saturated rings. The summed E-state index contributed by atoms with van der Waals surface area (Å²) in [5.41, 5.74) is 2.75. The first-order valence-corrected chi connectivity index (χ1v) is 8.18. The number of likely N-dealkylation sites (tertiary alicyclic amines) is 1. The van der Waals surface area contributed by atoms with Gasteiger partial charge in [-0.25, -0.2) is 15.0 Å². The van der Waals surface area contributed by atoms with Gasteiger partial charge in [0.2, 0.25) is 5.91 Å². The van der Waals surface area contributed by atoms with Gasteiger partial charge in [-0.2, -0.15) is 0 Å². The molecule has 128 valence electrons. The molecule has 2 aromatic rings. The minimum atomic E-state index is 0.194. The average molecular weight is 329 g/mol. The van der Waals surface area contributed by atoms with Crippen LogP contribution >= 0.6 is 0 Å². The first kappa shape index (κ1) is 16.6. The normalized spacial score (nSPS) is 17.7. The second kappa shape index (κ2) is 7.09. The second-order valence-corrected chi connectivity index (χ2v) is 6.29. The molecule has 1 N–H and O–H groups in total. The van der Waals surface area contributed by atoms with Crippen molar-refractivity contribution in [2.45, 2.75) is 20.3 Å². The van der Waals surface area contributed by atoms with Gasteiger partial charge in [-0.15, -0.1) is 0 Å². The fraction of sp³-hybridized carbons (Fsp3) is 0.529. The van der Waals surface area contributed by atoms with Crippen molar-refractivity contribution in [3.63, 3.8) is 0 Å². The number of aryl methyl sites for hydroxylation is 2. The molecule has 0 aromatic carbocycles. The molecule has 1 amide bonds. The molecular formula is C17H23N5O2. The lowest BCUT2D eigenvalue weighted by Gasteiger charge is -2.16. The molecule has 3 rings (SSSR count). The summed E-state index contributed by atoms with van der Waals surface area (Å²) >= 11 is 0. The van der Waals surface area contributed by atoms with Crippen molar-refractivity contribution in [2.75, 3.05) is 38.7 Å². The van der Waals surface area contributed by atoms with E-state index in [4.69, 9.17) is 4.74 Å². The maximum atomic E-state index is 12.0. The van der Waals surface area contributed by atoms with Gasteiger partial charge < -0.3 is 15.0 Å². The van der Waals surface area contributed by atoms with Crippen LogP contribution < -0.4 is 5.32 Å². The number of pyridine rings is 1. The minimum Gasteiger partial charge on any atom is -0.383 e. The number of ether oxygens (including phenoxy) is 1. The van der Waals surface area contributed by atoms with Crippen molar-refractivity contribution in [3.8, 4) is 0 Å². The Morgan fingerprint density at radius 1 is 1.38 bits per heavy atom. The van der Waals surface area contributed by atoms with Gasteiger partial charge >= 0.3 is 0 Å². The monoisotopic (exact) mass is 329 g/mol. The van der Waals surface area contributed by atoms with E-state index >= 15 is 0 Å². The molecule has 0 radical (unpaired) electrons. The summed E-state index contributed by atoms with van der Waals surface area (Å²) in [6.45, 7) is 6.69. The van der Waals surface area contributed by atoms with E-state index in [1.807, 2.05) is 24.8 Å². The molecule has 1 aliphatic rings. The molecule has 0 aliphatic carbocycles. The molecule has 24 heavy (non-hydrogen) atoms. The maximum Gasteiger partial charge on any atom is 0.223 e. The van der Waals surface area contributed by atoms with E-state index in [1.54, 1.807) is 7.11 Å². The van der Waals surface area contributed by atoms with Crippen LogP contribution in [0.5, 0.6) is 0 Å². The molecule has 0 unspecified atom stereocenters. The molecule has 1 atom stereocenters. The van der Waals surface area contributed by atoms with E-state index in [0.717, 1.165) is 29.0 Å². The average Bonchev–Trinajstić information content (AvgIpc) is 2.90. The van der Waals surface area contributed by atoms with Gasteiger partial charge in [-0.05, 0) is 25.5 Å². The van der Waals surface area contributed by atoms with Gasteiger partial charge in [0.15, 0.2) is 5.65 Å². The van der Waals surface area contributed by atoms with Crippen LogP contribution in [0.4, 0.5) is 5.82 Å². The van der Waals surface area contributed by atoms with Gasteiger partial charge in [0.1, 0.15) is 12.1 Å². The fourth-order valence-electron chi connectivity index (χ4n) is 3.19. The van der Waals surface area contributed by atoms with Crippen molar-refractivity contribution in [2.24, 2.45) is 5.92 Å². The van der Waals surface area contributed by atoms with Crippen LogP contribution in [0.2, 0.25) is 0 Å². The smallest absolute Gasteiger partial charge is 0.223 e. The molecule has 0 bridgehead atoms. The Bertz CT molecular complexity index is 749. The summed E-state index contributed by atoms with van der Waals surface area (Å²) in [4.78, 5) is 27.0. The molecule has 0 spiro atoms. The number of anilines is 1. The van der Waals surface area contributed by atoms with E-state index in [2.05, 4.69) is 20.3 Å². The van der Waals surface area contributed by atoms with Crippen molar-refractivity contribution in [1.82, 2.24) is 19.9 Å². The number of fused-ring (bicyclic) bond motifs is 1. The quantitative estimate of drug-likeness (QED) is 0.866. The Kier molecular flexibility index (Phi) is 4.89. The predicted molar refractivity (Wildman–Crippen MR) is 91.9 cm³/mol. The highest BCUT2D eigenvalue weighted by molar-refractivity contribution is 5.89. The first-order valence-electron chi connectivity index (χ1n) is 8.18. The summed E-state index contributed by atoms with van der Waals surface area (Å²) in [6, 6.07) is 2.03. The SMILES string of the molecule is COCCN1C[C@@H](CNc2ncnc3nc(C)cc(C)c23)CC1=O. The van der Waals surface area contributed by atoms with E-state index in [0.29, 0.717) is 31.8 Å². The van der Waals surface area contributed by atoms with Crippen LogP contribution in [0.15, 0.2) is 12.4 Å². The lowest BCUT2D eigenvalue weighted by molar-refractivity contribution is -0.128. The maximum absolute atomic E-state index is 12.0. The highest BCUT2D eigenvalue weighted by Gasteiger charge is 2.29. The molecule has 1 saturated heterocycles. The third kappa shape index (κ3) is 3.46. The largest absolute Gasteiger partial charge is 0.383 e. The number of carbonyl (C=O) groups is 1. The molecule has 3 heterocycles. The van der Waals surface area contributed by atoms with Crippen LogP contribution in [-0.4, -0.2) is 59.1 Å². The number of hydrogen-bond donors (Lipinski definition) is 1. The zero-order valence-electron chi connectivity index (χ0n) is 14.4. The number of aromatic nitrogens is 3. The minimum absolute atomic E-state index is 0.194. The number of nitrogens with zero attached hydrogens (tertiary/aromatic N) is 4. The first-order chi connectivity index (χ1) is 11.6. The van der Waals surface area contributed by atoms with E-state index in [1.165, 1.54) is 6.33 Å². The number of carbonyl (C=O) groups excluding carboxylic acids is 1. The number of hydrogen-bond acceptors (Lipinski definition) is 6. The Morgan fingerprint density at radius 2 is 2.21 bits per heavy atom. The summed E-state index contributed by atoms with van der Waals surface area (Å²) in [5, 5.41) is 4.33. The van der Waals surface area contributed by atoms with Gasteiger partial charge in [-0.3, -0.25) is 4.79 Å². The Balaban J connectivity index is 1.70. The van der Waals surface area contributed by atoms with E-state index in [-0.39, 0.29) is 11.8 Å². The molecule has 0 saturated carbocycles. The number of amides is 1. The summed E-state index contributed by atoms with van der Waals surface area (Å²) in [7, 11) is 1.65. The third-order valence-electron chi connectivity index (χ3n) is 4.35. The Labute approximate surface area is 141 Å². The van der Waals surface area contributed by atoms with Crippen molar-refractivity contribution in [1.29, 1.82) is 0 Å². The van der Waals surface area contributed by atoms with Crippen LogP contribution in [-0.2, 0) is 9.53 Å². The molecule has 7 nitrogen and oxygen atoms in total. The van der Waals surface area contributed by atoms with Gasteiger partial charge in [0.25, 0.3) is 0 Å². The highest BCUT2D eigenvalue weighted by atomic mass is 16.5. The summed E-state index contributed by atoms with van der Waals surface area (Å²) in [6.07, 6.45) is 2.09. The van der Waals surface area contributed by atoms with Gasteiger partial charge in [0, 0.05) is 44.8 Å². The zero-order chi connectivity index (χ0) is 17.1. The third-order valence-corrected chi connectivity index (χ3v) is 4.35.